The molecule has 2 aromatic heterocycles. The Morgan fingerprint density at radius 2 is 1.73 bits per heavy atom. The van der Waals surface area contributed by atoms with Crippen molar-refractivity contribution in [2.75, 3.05) is 18.5 Å². The number of nitrogens with zero attached hydrogens (tertiary/aromatic N) is 2. The number of aromatic nitrogens is 2. The van der Waals surface area contributed by atoms with Crippen LogP contribution in [-0.2, 0) is 24.2 Å². The van der Waals surface area contributed by atoms with Gasteiger partial charge in [-0.3, -0.25) is 19.6 Å². The molecule has 10 nitrogen and oxygen atoms in total. The molecule has 0 bridgehead atoms. The summed E-state index contributed by atoms with van der Waals surface area (Å²) in [5.74, 6) is 0.237. The first-order chi connectivity index (χ1) is 19.9. The molecule has 0 aliphatic rings. The number of carbonyl (C=O) groups is 2. The molecule has 4 aromatic rings. The molecular formula is C31H36N6O4. The molecule has 0 aliphatic heterocycles. The van der Waals surface area contributed by atoms with Crippen molar-refractivity contribution < 1.29 is 19.1 Å². The molecule has 0 fully saturated rings. The summed E-state index contributed by atoms with van der Waals surface area (Å²) >= 11 is 0. The van der Waals surface area contributed by atoms with E-state index in [0.717, 1.165) is 22.5 Å². The number of benzene rings is 2. The van der Waals surface area contributed by atoms with E-state index in [1.54, 1.807) is 12.3 Å². The van der Waals surface area contributed by atoms with E-state index in [1.807, 2.05) is 63.2 Å². The summed E-state index contributed by atoms with van der Waals surface area (Å²) in [6.45, 7) is 7.01. The van der Waals surface area contributed by atoms with Gasteiger partial charge in [-0.1, -0.05) is 25.1 Å². The highest BCUT2D eigenvalue weighted by molar-refractivity contribution is 6.08. The quantitative estimate of drug-likeness (QED) is 0.193. The Labute approximate surface area is 239 Å². The van der Waals surface area contributed by atoms with Crippen LogP contribution in [0.25, 0.3) is 10.9 Å². The Bertz CT molecular complexity index is 1530. The van der Waals surface area contributed by atoms with Gasteiger partial charge in [-0.2, -0.15) is 0 Å². The van der Waals surface area contributed by atoms with Crippen molar-refractivity contribution >= 4 is 34.1 Å². The number of hydrogen-bond donors (Lipinski definition) is 4. The van der Waals surface area contributed by atoms with Gasteiger partial charge in [-0.15, -0.1) is 0 Å². The van der Waals surface area contributed by atoms with Crippen molar-refractivity contribution in [3.05, 3.63) is 83.3 Å². The van der Waals surface area contributed by atoms with Crippen LogP contribution >= 0.6 is 0 Å². The van der Waals surface area contributed by atoms with Crippen LogP contribution in [0, 0.1) is 0 Å². The third kappa shape index (κ3) is 6.90. The topological polar surface area (TPSA) is 154 Å². The van der Waals surface area contributed by atoms with Crippen LogP contribution in [0.5, 0.6) is 11.5 Å². The number of fused-ring (bicyclic) bond motifs is 1. The first-order valence-electron chi connectivity index (χ1n) is 13.7. The average molecular weight is 557 g/mol. The van der Waals surface area contributed by atoms with Crippen LogP contribution in [0.4, 0.5) is 11.4 Å². The van der Waals surface area contributed by atoms with E-state index in [0.29, 0.717) is 60.7 Å². The van der Waals surface area contributed by atoms with Crippen molar-refractivity contribution in [2.24, 2.45) is 11.5 Å². The van der Waals surface area contributed by atoms with Crippen LogP contribution in [0.15, 0.2) is 60.9 Å². The van der Waals surface area contributed by atoms with Crippen molar-refractivity contribution in [3.63, 3.8) is 0 Å². The first-order valence-corrected chi connectivity index (χ1v) is 13.7. The van der Waals surface area contributed by atoms with Gasteiger partial charge in [0.1, 0.15) is 0 Å². The predicted molar refractivity (Wildman–Crippen MR) is 159 cm³/mol. The van der Waals surface area contributed by atoms with Crippen LogP contribution in [0.2, 0.25) is 0 Å². The number of nitrogens with two attached hydrogens (primary N) is 2. The fourth-order valence-corrected chi connectivity index (χ4v) is 4.68. The monoisotopic (exact) mass is 556 g/mol. The lowest BCUT2D eigenvalue weighted by Gasteiger charge is -2.20. The van der Waals surface area contributed by atoms with Crippen LogP contribution in [0.1, 0.15) is 48.0 Å². The lowest BCUT2D eigenvalue weighted by atomic mass is 10.0. The Kier molecular flexibility index (Phi) is 9.70. The molecule has 6 N–H and O–H groups in total. The summed E-state index contributed by atoms with van der Waals surface area (Å²) < 4.78 is 11.6. The number of nitrogens with one attached hydrogen (secondary N) is 2. The Balaban J connectivity index is 1.65. The zero-order valence-electron chi connectivity index (χ0n) is 23.6. The van der Waals surface area contributed by atoms with Gasteiger partial charge >= 0.3 is 0 Å². The smallest absolute Gasteiger partial charge is 0.252 e. The maximum Gasteiger partial charge on any atom is 0.252 e. The Morgan fingerprint density at radius 3 is 2.39 bits per heavy atom. The van der Waals surface area contributed by atoms with Gasteiger partial charge in [0.2, 0.25) is 5.91 Å². The number of ether oxygens (including phenoxy) is 2. The molecule has 2 amide bonds. The summed E-state index contributed by atoms with van der Waals surface area (Å²) in [7, 11) is 0. The SMILES string of the molecule is CCOc1cc2ncc(C(N)=O)c(Nc3cccc(CNC(=O)[C@@H](N)Cc4ccccn4)c3CC)c2cc1OCC. The summed E-state index contributed by atoms with van der Waals surface area (Å²) in [5, 5.41) is 7.05. The molecule has 0 saturated heterocycles. The van der Waals surface area contributed by atoms with Crippen LogP contribution < -0.4 is 31.6 Å². The van der Waals surface area contributed by atoms with Gasteiger partial charge in [-0.05, 0) is 55.7 Å². The molecule has 2 aromatic carbocycles. The molecule has 0 radical (unpaired) electrons. The van der Waals surface area contributed by atoms with E-state index >= 15 is 0 Å². The Morgan fingerprint density at radius 1 is 0.976 bits per heavy atom. The van der Waals surface area contributed by atoms with E-state index in [9.17, 15) is 9.59 Å². The van der Waals surface area contributed by atoms with Gasteiger partial charge in [-0.25, -0.2) is 0 Å². The van der Waals surface area contributed by atoms with Crippen molar-refractivity contribution in [1.29, 1.82) is 0 Å². The molecule has 1 atom stereocenters. The molecule has 0 saturated carbocycles. The van der Waals surface area contributed by atoms with Gasteiger partial charge in [0.25, 0.3) is 5.91 Å². The number of carbonyl (C=O) groups excluding carboxylic acids is 2. The fraction of sp³-hybridized carbons (Fsp3) is 0.290. The van der Waals surface area contributed by atoms with Gasteiger partial charge < -0.3 is 31.6 Å². The van der Waals surface area contributed by atoms with Crippen molar-refractivity contribution in [2.45, 2.75) is 46.2 Å². The molecule has 214 valence electrons. The van der Waals surface area contributed by atoms with E-state index in [4.69, 9.17) is 20.9 Å². The number of anilines is 2. The molecule has 0 spiro atoms. The highest BCUT2D eigenvalue weighted by Crippen LogP contribution is 2.38. The normalized spacial score (nSPS) is 11.6. The minimum atomic E-state index is -0.723. The van der Waals surface area contributed by atoms with E-state index in [-0.39, 0.29) is 11.5 Å². The van der Waals surface area contributed by atoms with E-state index in [2.05, 4.69) is 20.6 Å². The van der Waals surface area contributed by atoms with Crippen molar-refractivity contribution in [1.82, 2.24) is 15.3 Å². The number of primary amides is 1. The second-order valence-corrected chi connectivity index (χ2v) is 9.36. The number of pyridine rings is 2. The number of amides is 2. The van der Waals surface area contributed by atoms with Crippen LogP contribution in [-0.4, -0.2) is 41.0 Å². The summed E-state index contributed by atoms with van der Waals surface area (Å²) in [6, 6.07) is 14.2. The third-order valence-electron chi connectivity index (χ3n) is 6.63. The first kappa shape index (κ1) is 29.3. The minimum absolute atomic E-state index is 0.241. The molecule has 4 rings (SSSR count). The summed E-state index contributed by atoms with van der Waals surface area (Å²) in [4.78, 5) is 33.9. The minimum Gasteiger partial charge on any atom is -0.490 e. The molecule has 41 heavy (non-hydrogen) atoms. The zero-order valence-corrected chi connectivity index (χ0v) is 23.6. The highest BCUT2D eigenvalue weighted by atomic mass is 16.5. The predicted octanol–water partition coefficient (Wildman–Crippen LogP) is 4.02. The molecule has 0 unspecified atom stereocenters. The molecule has 0 aliphatic carbocycles. The third-order valence-corrected chi connectivity index (χ3v) is 6.63. The van der Waals surface area contributed by atoms with Gasteiger partial charge in [0.15, 0.2) is 11.5 Å². The second-order valence-electron chi connectivity index (χ2n) is 9.36. The second kappa shape index (κ2) is 13.6. The zero-order chi connectivity index (χ0) is 29.4. The lowest BCUT2D eigenvalue weighted by molar-refractivity contribution is -0.122. The Hall–Kier alpha value is -4.70. The van der Waals surface area contributed by atoms with Gasteiger partial charge in [0, 0.05) is 48.2 Å². The van der Waals surface area contributed by atoms with E-state index in [1.165, 1.54) is 6.20 Å². The summed E-state index contributed by atoms with van der Waals surface area (Å²) in [6.07, 6.45) is 4.15. The van der Waals surface area contributed by atoms with E-state index < -0.39 is 11.9 Å². The molecular weight excluding hydrogens is 520 g/mol. The molecule has 10 heteroatoms. The largest absolute Gasteiger partial charge is 0.490 e. The maximum absolute atomic E-state index is 12.8. The standard InChI is InChI=1S/C31H36N6O4/c1-4-21-19(17-36-31(39)24(32)14-20-11-7-8-13-34-20)10-9-12-25(21)37-29-22-15-27(40-5-2)28(41-6-3)16-26(22)35-18-23(29)30(33)38/h7-13,15-16,18,24H,4-6,14,17,32H2,1-3H3,(H2,33,38)(H,35,37)(H,36,39)/t24-/m0/s1. The van der Waals surface area contributed by atoms with Gasteiger partial charge in [0.05, 0.1) is 36.0 Å². The summed E-state index contributed by atoms with van der Waals surface area (Å²) in [5.41, 5.74) is 16.7. The average Bonchev–Trinajstić information content (AvgIpc) is 2.97. The highest BCUT2D eigenvalue weighted by Gasteiger charge is 2.20. The van der Waals surface area contributed by atoms with Crippen LogP contribution in [0.3, 0.4) is 0 Å². The molecule has 2 heterocycles. The number of hydrogen-bond acceptors (Lipinski definition) is 8. The lowest BCUT2D eigenvalue weighted by Crippen LogP contribution is -2.41. The fourth-order valence-electron chi connectivity index (χ4n) is 4.68. The van der Waals surface area contributed by atoms with Crippen molar-refractivity contribution in [3.8, 4) is 11.5 Å². The maximum atomic E-state index is 12.8. The number of rotatable bonds is 13.